The number of ether oxygens (including phenoxy) is 3. The first-order valence-electron chi connectivity index (χ1n) is 7.36. The Morgan fingerprint density at radius 2 is 1.78 bits per heavy atom. The van der Waals surface area contributed by atoms with Crippen molar-refractivity contribution in [1.82, 2.24) is 0 Å². The maximum Gasteiger partial charge on any atom is 0.494 e. The van der Waals surface area contributed by atoms with Crippen molar-refractivity contribution in [3.8, 4) is 0 Å². The summed E-state index contributed by atoms with van der Waals surface area (Å²) in [6.45, 7) is 2.73. The van der Waals surface area contributed by atoms with Gasteiger partial charge in [0.15, 0.2) is 6.10 Å². The van der Waals surface area contributed by atoms with Crippen LogP contribution >= 0.6 is 0 Å². The molecule has 0 N–H and O–H groups in total. The van der Waals surface area contributed by atoms with Crippen molar-refractivity contribution in [2.24, 2.45) is 0 Å². The molecule has 0 spiro atoms. The van der Waals surface area contributed by atoms with Gasteiger partial charge in [0.2, 0.25) is 6.29 Å². The lowest BCUT2D eigenvalue weighted by atomic mass is 9.76. The van der Waals surface area contributed by atoms with Crippen molar-refractivity contribution in [3.05, 3.63) is 30.3 Å². The van der Waals surface area contributed by atoms with Gasteiger partial charge in [0.1, 0.15) is 12.2 Å². The number of esters is 2. The summed E-state index contributed by atoms with van der Waals surface area (Å²) in [6.07, 6.45) is -2.87. The fourth-order valence-corrected chi connectivity index (χ4v) is 2.70. The lowest BCUT2D eigenvalue weighted by molar-refractivity contribution is -0.276. The highest BCUT2D eigenvalue weighted by Crippen LogP contribution is 2.29. The van der Waals surface area contributed by atoms with Crippen molar-refractivity contribution in [2.45, 2.75) is 38.4 Å². The smallest absolute Gasteiger partial charge is 0.457 e. The summed E-state index contributed by atoms with van der Waals surface area (Å²) in [5.74, 6) is -0.958. The number of hydrogen-bond acceptors (Lipinski definition) is 7. The first kappa shape index (κ1) is 16.0. The molecule has 0 amide bonds. The van der Waals surface area contributed by atoms with Crippen molar-refractivity contribution >= 4 is 24.5 Å². The van der Waals surface area contributed by atoms with Gasteiger partial charge in [-0.3, -0.25) is 9.59 Å². The minimum Gasteiger partial charge on any atom is -0.457 e. The summed E-state index contributed by atoms with van der Waals surface area (Å²) in [4.78, 5) is 22.6. The number of rotatable bonds is 3. The topological polar surface area (TPSA) is 80.3 Å². The van der Waals surface area contributed by atoms with Gasteiger partial charge in [-0.2, -0.15) is 0 Å². The Kier molecular flexibility index (Phi) is 4.65. The second-order valence-corrected chi connectivity index (χ2v) is 5.40. The van der Waals surface area contributed by atoms with E-state index in [1.807, 2.05) is 30.3 Å². The first-order valence-corrected chi connectivity index (χ1v) is 7.36. The van der Waals surface area contributed by atoms with Crippen LogP contribution < -0.4 is 5.46 Å². The summed E-state index contributed by atoms with van der Waals surface area (Å²) in [5.41, 5.74) is 0.826. The van der Waals surface area contributed by atoms with E-state index in [2.05, 4.69) is 0 Å². The van der Waals surface area contributed by atoms with Crippen LogP contribution in [0.25, 0.3) is 0 Å². The molecule has 0 aliphatic carbocycles. The van der Waals surface area contributed by atoms with E-state index in [1.165, 1.54) is 13.8 Å². The quantitative estimate of drug-likeness (QED) is 0.573. The molecule has 2 aliphatic rings. The van der Waals surface area contributed by atoms with Crippen LogP contribution in [0.2, 0.25) is 0 Å². The fourth-order valence-electron chi connectivity index (χ4n) is 2.70. The summed E-state index contributed by atoms with van der Waals surface area (Å²) in [5, 5.41) is 0. The lowest BCUT2D eigenvalue weighted by Gasteiger charge is -2.46. The Morgan fingerprint density at radius 3 is 2.43 bits per heavy atom. The van der Waals surface area contributed by atoms with E-state index in [-0.39, 0.29) is 6.61 Å². The largest absolute Gasteiger partial charge is 0.494 e. The van der Waals surface area contributed by atoms with Gasteiger partial charge in [0.25, 0.3) is 0 Å². The Labute approximate surface area is 133 Å². The van der Waals surface area contributed by atoms with Crippen molar-refractivity contribution in [3.63, 3.8) is 0 Å². The first-order chi connectivity index (χ1) is 11.0. The predicted octanol–water partition coefficient (Wildman–Crippen LogP) is 0.0169. The number of carbonyl (C=O) groups excluding carboxylic acids is 2. The summed E-state index contributed by atoms with van der Waals surface area (Å²) in [7, 11) is -0.639. The van der Waals surface area contributed by atoms with Crippen LogP contribution in [-0.4, -0.2) is 50.3 Å². The van der Waals surface area contributed by atoms with Crippen LogP contribution in [0, 0.1) is 0 Å². The Hall–Kier alpha value is -1.90. The number of fused-ring (bicyclic) bond motifs is 2. The van der Waals surface area contributed by atoms with E-state index in [0.717, 1.165) is 5.46 Å². The fraction of sp³-hybridized carbons (Fsp3) is 0.467. The third kappa shape index (κ3) is 3.55. The van der Waals surface area contributed by atoms with Crippen LogP contribution in [-0.2, 0) is 33.1 Å². The second kappa shape index (κ2) is 6.70. The minimum absolute atomic E-state index is 0.138. The molecule has 2 aliphatic heterocycles. The zero-order chi connectivity index (χ0) is 16.4. The zero-order valence-electron chi connectivity index (χ0n) is 12.8. The second-order valence-electron chi connectivity index (χ2n) is 5.40. The molecule has 1 aromatic carbocycles. The summed E-state index contributed by atoms with van der Waals surface area (Å²) in [6, 6.07) is 9.37. The molecular weight excluding hydrogens is 303 g/mol. The molecule has 2 saturated heterocycles. The highest BCUT2D eigenvalue weighted by atomic mass is 16.8. The molecule has 2 heterocycles. The van der Waals surface area contributed by atoms with Gasteiger partial charge in [0.05, 0.1) is 6.61 Å². The van der Waals surface area contributed by atoms with E-state index < -0.39 is 43.7 Å². The molecule has 4 atom stereocenters. The Bertz CT molecular complexity index is 578. The van der Waals surface area contributed by atoms with Gasteiger partial charge in [0, 0.05) is 13.8 Å². The molecule has 0 saturated carbocycles. The average molecular weight is 320 g/mol. The normalized spacial score (nSPS) is 29.7. The standard InChI is InChI=1S/C15H17BO7/c1-9(17)20-13-12-8-19-15(21-10(2)18)14(13)23-16(22-12)11-6-4-3-5-7-11/h3-7,12-15H,8H2,1-2H3/t12-,13+,14+,15+/m0/s1. The van der Waals surface area contributed by atoms with Gasteiger partial charge < -0.3 is 23.5 Å². The monoisotopic (exact) mass is 320 g/mol. The van der Waals surface area contributed by atoms with Crippen LogP contribution in [0.15, 0.2) is 30.3 Å². The minimum atomic E-state index is -0.941. The van der Waals surface area contributed by atoms with Gasteiger partial charge in [-0.25, -0.2) is 0 Å². The van der Waals surface area contributed by atoms with E-state index in [0.29, 0.717) is 0 Å². The molecule has 122 valence electrons. The molecule has 0 radical (unpaired) electrons. The maximum absolute atomic E-state index is 11.3. The Balaban J connectivity index is 1.83. The van der Waals surface area contributed by atoms with Crippen LogP contribution in [0.5, 0.6) is 0 Å². The van der Waals surface area contributed by atoms with Gasteiger partial charge in [-0.05, 0) is 5.46 Å². The van der Waals surface area contributed by atoms with Gasteiger partial charge >= 0.3 is 19.1 Å². The number of carbonyl (C=O) groups is 2. The molecule has 0 aromatic heterocycles. The molecule has 1 aromatic rings. The van der Waals surface area contributed by atoms with E-state index in [1.54, 1.807) is 0 Å². The number of benzene rings is 1. The van der Waals surface area contributed by atoms with Crippen molar-refractivity contribution < 1.29 is 33.1 Å². The van der Waals surface area contributed by atoms with Crippen molar-refractivity contribution in [1.29, 1.82) is 0 Å². The maximum atomic E-state index is 11.3. The van der Waals surface area contributed by atoms with Crippen LogP contribution in [0.3, 0.4) is 0 Å². The molecule has 0 unspecified atom stereocenters. The SMILES string of the molecule is CC(=O)O[C@H]1OC[C@@H]2OB(c3ccccc3)O[C@@H]1[C@@H]2OC(C)=O. The van der Waals surface area contributed by atoms with E-state index in [4.69, 9.17) is 23.5 Å². The van der Waals surface area contributed by atoms with Crippen LogP contribution in [0.4, 0.5) is 0 Å². The third-order valence-electron chi connectivity index (χ3n) is 3.62. The summed E-state index contributed by atoms with van der Waals surface area (Å²) >= 11 is 0. The van der Waals surface area contributed by atoms with Gasteiger partial charge in [-0.1, -0.05) is 30.3 Å². The Morgan fingerprint density at radius 1 is 1.09 bits per heavy atom. The van der Waals surface area contributed by atoms with Crippen LogP contribution in [0.1, 0.15) is 13.8 Å². The predicted molar refractivity (Wildman–Crippen MR) is 78.6 cm³/mol. The third-order valence-corrected chi connectivity index (χ3v) is 3.62. The van der Waals surface area contributed by atoms with E-state index >= 15 is 0 Å². The molecule has 23 heavy (non-hydrogen) atoms. The molecule has 2 fully saturated rings. The zero-order valence-corrected chi connectivity index (χ0v) is 12.8. The molecule has 8 heteroatoms. The number of hydrogen-bond donors (Lipinski definition) is 0. The molecule has 7 nitrogen and oxygen atoms in total. The highest BCUT2D eigenvalue weighted by molar-refractivity contribution is 6.61. The van der Waals surface area contributed by atoms with Crippen molar-refractivity contribution in [2.75, 3.05) is 6.61 Å². The lowest BCUT2D eigenvalue weighted by Crippen LogP contribution is -2.66. The molecular formula is C15H17BO7. The van der Waals surface area contributed by atoms with Gasteiger partial charge in [-0.15, -0.1) is 0 Å². The molecule has 2 bridgehead atoms. The molecule has 3 rings (SSSR count). The average Bonchev–Trinajstić information content (AvgIpc) is 2.50. The highest BCUT2D eigenvalue weighted by Gasteiger charge is 2.53. The van der Waals surface area contributed by atoms with E-state index in [9.17, 15) is 9.59 Å². The summed E-state index contributed by atoms with van der Waals surface area (Å²) < 4.78 is 27.6.